The molecule has 7 nitrogen and oxygen atoms in total. The molecular weight excluding hydrogens is 346 g/mol. The second kappa shape index (κ2) is 7.41. The summed E-state index contributed by atoms with van der Waals surface area (Å²) in [6, 6.07) is 16.0. The number of carbonyl (C=O) groups is 2. The van der Waals surface area contributed by atoms with E-state index in [2.05, 4.69) is 15.5 Å². The molecule has 1 saturated carbocycles. The monoisotopic (exact) mass is 363 g/mol. The first-order valence-corrected chi connectivity index (χ1v) is 8.65. The minimum absolute atomic E-state index is 0.0141. The van der Waals surface area contributed by atoms with Crippen molar-refractivity contribution in [2.75, 3.05) is 5.32 Å². The van der Waals surface area contributed by atoms with E-state index >= 15 is 0 Å². The molecule has 1 fully saturated rings. The fourth-order valence-electron chi connectivity index (χ4n) is 2.53. The van der Waals surface area contributed by atoms with E-state index in [0.717, 1.165) is 18.4 Å². The Hall–Kier alpha value is -3.48. The van der Waals surface area contributed by atoms with Crippen molar-refractivity contribution >= 4 is 17.6 Å². The van der Waals surface area contributed by atoms with Gasteiger partial charge in [0.2, 0.25) is 11.8 Å². The Labute approximate surface area is 155 Å². The first-order chi connectivity index (χ1) is 13.2. The van der Waals surface area contributed by atoms with Crippen LogP contribution in [0, 0.1) is 5.92 Å². The Kier molecular flexibility index (Phi) is 4.65. The molecule has 0 spiro atoms. The number of nitrogens with one attached hydrogen (secondary N) is 1. The SMILES string of the molecule is O=C(OCc1nnc(-c2ccccc2)o1)c1cccc(NC(=O)C2CC2)c1. The molecule has 3 aromatic rings. The highest BCUT2D eigenvalue weighted by Gasteiger charge is 2.29. The van der Waals surface area contributed by atoms with Gasteiger partial charge < -0.3 is 14.5 Å². The van der Waals surface area contributed by atoms with Gasteiger partial charge in [0.1, 0.15) is 0 Å². The van der Waals surface area contributed by atoms with Crippen LogP contribution in [-0.4, -0.2) is 22.1 Å². The molecule has 0 atom stereocenters. The van der Waals surface area contributed by atoms with E-state index in [-0.39, 0.29) is 24.3 Å². The molecule has 1 amide bonds. The lowest BCUT2D eigenvalue weighted by atomic mass is 10.2. The van der Waals surface area contributed by atoms with E-state index < -0.39 is 5.97 Å². The molecule has 1 heterocycles. The Morgan fingerprint density at radius 3 is 2.67 bits per heavy atom. The number of rotatable bonds is 6. The largest absolute Gasteiger partial charge is 0.452 e. The summed E-state index contributed by atoms with van der Waals surface area (Å²) in [6.07, 6.45) is 1.84. The van der Waals surface area contributed by atoms with Crippen molar-refractivity contribution < 1.29 is 18.7 Å². The van der Waals surface area contributed by atoms with Gasteiger partial charge in [-0.3, -0.25) is 4.79 Å². The summed E-state index contributed by atoms with van der Waals surface area (Å²) in [6.45, 7) is -0.128. The van der Waals surface area contributed by atoms with Gasteiger partial charge in [0.05, 0.1) is 5.56 Å². The number of aromatic nitrogens is 2. The smallest absolute Gasteiger partial charge is 0.338 e. The van der Waals surface area contributed by atoms with Crippen LogP contribution in [0.4, 0.5) is 5.69 Å². The molecule has 0 bridgehead atoms. The first-order valence-electron chi connectivity index (χ1n) is 8.65. The number of anilines is 1. The van der Waals surface area contributed by atoms with Crippen LogP contribution in [0.5, 0.6) is 0 Å². The third kappa shape index (κ3) is 4.20. The van der Waals surface area contributed by atoms with E-state index in [1.807, 2.05) is 30.3 Å². The lowest BCUT2D eigenvalue weighted by Crippen LogP contribution is -2.14. The van der Waals surface area contributed by atoms with Gasteiger partial charge in [-0.1, -0.05) is 24.3 Å². The average molecular weight is 363 g/mol. The van der Waals surface area contributed by atoms with Crippen LogP contribution in [0.25, 0.3) is 11.5 Å². The average Bonchev–Trinajstić information content (AvgIpc) is 3.45. The summed E-state index contributed by atoms with van der Waals surface area (Å²) in [7, 11) is 0. The number of amides is 1. The molecule has 2 aromatic carbocycles. The number of esters is 1. The third-order valence-electron chi connectivity index (χ3n) is 4.13. The zero-order valence-electron chi connectivity index (χ0n) is 14.4. The minimum atomic E-state index is -0.531. The second-order valence-electron chi connectivity index (χ2n) is 6.29. The molecule has 0 aliphatic heterocycles. The summed E-state index contributed by atoms with van der Waals surface area (Å²) in [4.78, 5) is 24.1. The molecule has 0 saturated heterocycles. The zero-order valence-corrected chi connectivity index (χ0v) is 14.4. The van der Waals surface area contributed by atoms with Crippen molar-refractivity contribution in [2.45, 2.75) is 19.4 Å². The third-order valence-corrected chi connectivity index (χ3v) is 4.13. The van der Waals surface area contributed by atoms with Gasteiger partial charge in [0, 0.05) is 17.2 Å². The maximum absolute atomic E-state index is 12.3. The Morgan fingerprint density at radius 1 is 1.07 bits per heavy atom. The molecule has 1 aliphatic rings. The fraction of sp³-hybridized carbons (Fsp3) is 0.200. The van der Waals surface area contributed by atoms with Crippen LogP contribution in [0.3, 0.4) is 0 Å². The number of carbonyl (C=O) groups excluding carboxylic acids is 2. The molecule has 1 N–H and O–H groups in total. The van der Waals surface area contributed by atoms with Gasteiger partial charge in [-0.05, 0) is 43.2 Å². The van der Waals surface area contributed by atoms with Crippen molar-refractivity contribution in [1.29, 1.82) is 0 Å². The van der Waals surface area contributed by atoms with E-state index in [0.29, 0.717) is 17.1 Å². The molecular formula is C20H17N3O4. The molecule has 136 valence electrons. The zero-order chi connectivity index (χ0) is 18.6. The van der Waals surface area contributed by atoms with E-state index in [1.165, 1.54) is 0 Å². The number of ether oxygens (including phenoxy) is 1. The topological polar surface area (TPSA) is 94.3 Å². The van der Waals surface area contributed by atoms with Gasteiger partial charge in [0.25, 0.3) is 5.89 Å². The number of hydrogen-bond donors (Lipinski definition) is 1. The summed E-state index contributed by atoms with van der Waals surface area (Å²) >= 11 is 0. The highest BCUT2D eigenvalue weighted by Crippen LogP contribution is 2.30. The summed E-state index contributed by atoms with van der Waals surface area (Å²) < 4.78 is 10.7. The standard InChI is InChI=1S/C20H17N3O4/c24-18(13-9-10-13)21-16-8-4-7-15(11-16)20(25)26-12-17-22-23-19(27-17)14-5-2-1-3-6-14/h1-8,11,13H,9-10,12H2,(H,21,24). The number of nitrogens with zero attached hydrogens (tertiary/aromatic N) is 2. The van der Waals surface area contributed by atoms with Crippen molar-refractivity contribution in [3.63, 3.8) is 0 Å². The molecule has 0 unspecified atom stereocenters. The Bertz CT molecular complexity index is 964. The van der Waals surface area contributed by atoms with E-state index in [9.17, 15) is 9.59 Å². The van der Waals surface area contributed by atoms with Crippen molar-refractivity contribution in [3.05, 3.63) is 66.1 Å². The molecule has 27 heavy (non-hydrogen) atoms. The maximum atomic E-state index is 12.3. The lowest BCUT2D eigenvalue weighted by Gasteiger charge is -2.06. The van der Waals surface area contributed by atoms with Gasteiger partial charge in [-0.2, -0.15) is 0 Å². The maximum Gasteiger partial charge on any atom is 0.338 e. The van der Waals surface area contributed by atoms with Crippen LogP contribution in [0.15, 0.2) is 59.0 Å². The quantitative estimate of drug-likeness (QED) is 0.674. The minimum Gasteiger partial charge on any atom is -0.452 e. The van der Waals surface area contributed by atoms with Crippen LogP contribution < -0.4 is 5.32 Å². The van der Waals surface area contributed by atoms with E-state index in [1.54, 1.807) is 24.3 Å². The Morgan fingerprint density at radius 2 is 1.89 bits per heavy atom. The summed E-state index contributed by atoms with van der Waals surface area (Å²) in [5, 5.41) is 10.6. The van der Waals surface area contributed by atoms with Crippen LogP contribution in [0.1, 0.15) is 29.1 Å². The van der Waals surface area contributed by atoms with Crippen molar-refractivity contribution in [2.24, 2.45) is 5.92 Å². The first kappa shape index (κ1) is 17.0. The fourth-order valence-corrected chi connectivity index (χ4v) is 2.53. The van der Waals surface area contributed by atoms with Gasteiger partial charge in [0.15, 0.2) is 6.61 Å². The van der Waals surface area contributed by atoms with Crippen LogP contribution >= 0.6 is 0 Å². The van der Waals surface area contributed by atoms with Crippen molar-refractivity contribution in [1.82, 2.24) is 10.2 Å². The van der Waals surface area contributed by atoms with E-state index in [4.69, 9.17) is 9.15 Å². The highest BCUT2D eigenvalue weighted by molar-refractivity contribution is 5.96. The molecule has 1 aliphatic carbocycles. The predicted octanol–water partition coefficient (Wildman–Crippen LogP) is 3.44. The predicted molar refractivity (Wildman–Crippen MR) is 96.6 cm³/mol. The van der Waals surface area contributed by atoms with Gasteiger partial charge >= 0.3 is 5.97 Å². The molecule has 4 rings (SSSR count). The highest BCUT2D eigenvalue weighted by atomic mass is 16.5. The normalized spacial score (nSPS) is 13.2. The second-order valence-corrected chi connectivity index (χ2v) is 6.29. The van der Waals surface area contributed by atoms with Crippen molar-refractivity contribution in [3.8, 4) is 11.5 Å². The summed E-state index contributed by atoms with van der Waals surface area (Å²) in [5.74, 6) is 0.126. The van der Waals surface area contributed by atoms with Crippen LogP contribution in [-0.2, 0) is 16.1 Å². The molecule has 0 radical (unpaired) electrons. The number of benzene rings is 2. The summed E-state index contributed by atoms with van der Waals surface area (Å²) in [5.41, 5.74) is 1.71. The van der Waals surface area contributed by atoms with Gasteiger partial charge in [-0.25, -0.2) is 4.79 Å². The lowest BCUT2D eigenvalue weighted by molar-refractivity contribution is -0.117. The van der Waals surface area contributed by atoms with Gasteiger partial charge in [-0.15, -0.1) is 10.2 Å². The molecule has 7 heteroatoms. The Balaban J connectivity index is 1.37. The number of hydrogen-bond acceptors (Lipinski definition) is 6. The molecule has 1 aromatic heterocycles. The van der Waals surface area contributed by atoms with Crippen LogP contribution in [0.2, 0.25) is 0 Å².